The van der Waals surface area contributed by atoms with E-state index in [-0.39, 0.29) is 5.91 Å². The highest BCUT2D eigenvalue weighted by molar-refractivity contribution is 6.05. The van der Waals surface area contributed by atoms with Gasteiger partial charge >= 0.3 is 0 Å². The lowest BCUT2D eigenvalue weighted by Crippen LogP contribution is -2.37. The number of benzene rings is 1. The summed E-state index contributed by atoms with van der Waals surface area (Å²) in [6.45, 7) is 5.26. The maximum Gasteiger partial charge on any atom is 0.249 e. The first kappa shape index (κ1) is 22.7. The predicted octanol–water partition coefficient (Wildman–Crippen LogP) is 2.84. The molecule has 0 spiro atoms. The van der Waals surface area contributed by atoms with Crippen molar-refractivity contribution in [2.45, 2.75) is 44.4 Å². The van der Waals surface area contributed by atoms with Crippen molar-refractivity contribution in [3.05, 3.63) is 41.6 Å². The van der Waals surface area contributed by atoms with Gasteiger partial charge in [0.15, 0.2) is 0 Å². The van der Waals surface area contributed by atoms with E-state index in [1.807, 2.05) is 30.3 Å². The van der Waals surface area contributed by atoms with Crippen LogP contribution in [-0.4, -0.2) is 61.1 Å². The first-order chi connectivity index (χ1) is 15.6. The minimum atomic E-state index is -0.408. The van der Waals surface area contributed by atoms with Crippen LogP contribution in [0.2, 0.25) is 0 Å². The Morgan fingerprint density at radius 2 is 1.88 bits per heavy atom. The van der Waals surface area contributed by atoms with Crippen molar-refractivity contribution in [3.63, 3.8) is 0 Å². The Bertz CT molecular complexity index is 934. The molecule has 2 heterocycles. The molecule has 7 heteroatoms. The number of nitrogens with two attached hydrogens (primary N) is 1. The van der Waals surface area contributed by atoms with Gasteiger partial charge in [-0.1, -0.05) is 18.2 Å². The topological polar surface area (TPSA) is 97.5 Å². The number of primary amides is 1. The number of para-hydroxylation sites is 1. The number of amides is 2. The van der Waals surface area contributed by atoms with Crippen LogP contribution in [0.25, 0.3) is 10.9 Å². The second kappa shape index (κ2) is 10.9. The average molecular weight is 439 g/mol. The van der Waals surface area contributed by atoms with Crippen molar-refractivity contribution in [1.82, 2.24) is 15.2 Å². The van der Waals surface area contributed by atoms with Crippen molar-refractivity contribution >= 4 is 22.7 Å². The summed E-state index contributed by atoms with van der Waals surface area (Å²) < 4.78 is 5.36. The Labute approximate surface area is 189 Å². The molecular weight excluding hydrogens is 404 g/mol. The van der Waals surface area contributed by atoms with E-state index in [0.717, 1.165) is 88.1 Å². The molecule has 1 aliphatic heterocycles. The molecular formula is C25H34N4O3. The summed E-state index contributed by atoms with van der Waals surface area (Å²) in [5.74, 6) is 0.584. The maximum absolute atomic E-state index is 12.2. The van der Waals surface area contributed by atoms with Gasteiger partial charge in [-0.15, -0.1) is 0 Å². The highest BCUT2D eigenvalue weighted by Crippen LogP contribution is 2.36. The minimum absolute atomic E-state index is 0.155. The highest BCUT2D eigenvalue weighted by Gasteiger charge is 2.25. The number of rotatable bonds is 8. The van der Waals surface area contributed by atoms with Gasteiger partial charge in [-0.2, -0.15) is 0 Å². The van der Waals surface area contributed by atoms with Crippen molar-refractivity contribution in [2.75, 3.05) is 39.4 Å². The number of ether oxygens (including phenoxy) is 1. The first-order valence-corrected chi connectivity index (χ1v) is 11.9. The molecule has 7 nitrogen and oxygen atoms in total. The van der Waals surface area contributed by atoms with Crippen molar-refractivity contribution < 1.29 is 14.3 Å². The van der Waals surface area contributed by atoms with Gasteiger partial charge in [0.25, 0.3) is 0 Å². The summed E-state index contributed by atoms with van der Waals surface area (Å²) in [4.78, 5) is 31.4. The molecule has 2 aromatic rings. The second-order valence-electron chi connectivity index (χ2n) is 9.06. The zero-order valence-electron chi connectivity index (χ0n) is 18.7. The Balaban J connectivity index is 1.23. The number of hydrogen-bond acceptors (Lipinski definition) is 5. The lowest BCUT2D eigenvalue weighted by atomic mass is 9.80. The molecule has 3 N–H and O–H groups in total. The Hall–Kier alpha value is -2.51. The van der Waals surface area contributed by atoms with E-state index in [1.54, 1.807) is 0 Å². The van der Waals surface area contributed by atoms with E-state index in [2.05, 4.69) is 10.2 Å². The van der Waals surface area contributed by atoms with Gasteiger partial charge in [0.2, 0.25) is 11.8 Å². The van der Waals surface area contributed by atoms with Crippen LogP contribution in [0.4, 0.5) is 0 Å². The zero-order chi connectivity index (χ0) is 22.3. The number of carbonyl (C=O) groups is 2. The van der Waals surface area contributed by atoms with Gasteiger partial charge in [0.1, 0.15) is 0 Å². The van der Waals surface area contributed by atoms with Crippen LogP contribution in [-0.2, 0) is 9.53 Å². The largest absolute Gasteiger partial charge is 0.379 e. The molecule has 1 aromatic heterocycles. The van der Waals surface area contributed by atoms with Crippen molar-refractivity contribution in [3.8, 4) is 0 Å². The molecule has 1 saturated carbocycles. The molecule has 1 aromatic carbocycles. The quantitative estimate of drug-likeness (QED) is 0.661. The van der Waals surface area contributed by atoms with Crippen LogP contribution >= 0.6 is 0 Å². The normalized spacial score (nSPS) is 22.0. The molecule has 1 saturated heterocycles. The van der Waals surface area contributed by atoms with E-state index in [1.165, 1.54) is 0 Å². The van der Waals surface area contributed by atoms with Gasteiger partial charge in [0.05, 0.1) is 24.3 Å². The molecule has 2 fully saturated rings. The molecule has 1 aliphatic carbocycles. The third-order valence-electron chi connectivity index (χ3n) is 6.84. The Kier molecular flexibility index (Phi) is 7.71. The SMILES string of the molecule is NC(=O)c1cc(C2CCC(CNC(=O)CCCN3CCOCC3)CC2)nc2ccccc12. The summed E-state index contributed by atoms with van der Waals surface area (Å²) in [5.41, 5.74) is 7.97. The average Bonchev–Trinajstić information content (AvgIpc) is 2.83. The van der Waals surface area contributed by atoms with Crippen LogP contribution in [0.5, 0.6) is 0 Å². The standard InChI is InChI=1S/C25H34N4O3/c26-25(31)21-16-23(28-22-5-2-1-4-20(21)22)19-9-7-18(8-10-19)17-27-24(30)6-3-11-29-12-14-32-15-13-29/h1-2,4-5,16,18-19H,3,6-15,17H2,(H2,26,31)(H,27,30). The minimum Gasteiger partial charge on any atom is -0.379 e. The number of carbonyl (C=O) groups excluding carboxylic acids is 2. The summed E-state index contributed by atoms with van der Waals surface area (Å²) in [5, 5.41) is 3.95. The smallest absolute Gasteiger partial charge is 0.249 e. The fraction of sp³-hybridized carbons (Fsp3) is 0.560. The Morgan fingerprint density at radius 1 is 1.12 bits per heavy atom. The molecule has 0 unspecified atom stereocenters. The van der Waals surface area contributed by atoms with Gasteiger partial charge in [-0.25, -0.2) is 0 Å². The summed E-state index contributed by atoms with van der Waals surface area (Å²) >= 11 is 0. The fourth-order valence-electron chi connectivity index (χ4n) is 4.91. The lowest BCUT2D eigenvalue weighted by Gasteiger charge is -2.29. The Morgan fingerprint density at radius 3 is 2.62 bits per heavy atom. The lowest BCUT2D eigenvalue weighted by molar-refractivity contribution is -0.121. The molecule has 172 valence electrons. The second-order valence-corrected chi connectivity index (χ2v) is 9.06. The first-order valence-electron chi connectivity index (χ1n) is 11.9. The molecule has 0 atom stereocenters. The highest BCUT2D eigenvalue weighted by atomic mass is 16.5. The fourth-order valence-corrected chi connectivity index (χ4v) is 4.91. The van der Waals surface area contributed by atoms with E-state index in [4.69, 9.17) is 15.5 Å². The maximum atomic E-state index is 12.2. The van der Waals surface area contributed by atoms with E-state index < -0.39 is 5.91 Å². The number of hydrogen-bond donors (Lipinski definition) is 2. The van der Waals surface area contributed by atoms with E-state index >= 15 is 0 Å². The van der Waals surface area contributed by atoms with E-state index in [0.29, 0.717) is 23.8 Å². The van der Waals surface area contributed by atoms with Crippen molar-refractivity contribution in [2.24, 2.45) is 11.7 Å². The van der Waals surface area contributed by atoms with Gasteiger partial charge in [0, 0.05) is 43.1 Å². The number of morpholine rings is 1. The number of nitrogens with one attached hydrogen (secondary N) is 1. The third kappa shape index (κ3) is 5.84. The van der Waals surface area contributed by atoms with Crippen LogP contribution in [0.15, 0.2) is 30.3 Å². The summed E-state index contributed by atoms with van der Waals surface area (Å²) in [6, 6.07) is 9.55. The van der Waals surface area contributed by atoms with Crippen LogP contribution in [0.3, 0.4) is 0 Å². The summed E-state index contributed by atoms with van der Waals surface area (Å²) in [7, 11) is 0. The van der Waals surface area contributed by atoms with Gasteiger partial charge in [-0.05, 0) is 56.7 Å². The molecule has 2 amide bonds. The number of nitrogens with zero attached hydrogens (tertiary/aromatic N) is 2. The van der Waals surface area contributed by atoms with Crippen LogP contribution in [0.1, 0.15) is 60.5 Å². The molecule has 0 radical (unpaired) electrons. The zero-order valence-corrected chi connectivity index (χ0v) is 18.7. The molecule has 4 rings (SSSR count). The van der Waals surface area contributed by atoms with Crippen molar-refractivity contribution in [1.29, 1.82) is 0 Å². The predicted molar refractivity (Wildman–Crippen MR) is 124 cm³/mol. The molecule has 32 heavy (non-hydrogen) atoms. The van der Waals surface area contributed by atoms with Crippen LogP contribution < -0.4 is 11.1 Å². The van der Waals surface area contributed by atoms with Crippen LogP contribution in [0, 0.1) is 5.92 Å². The third-order valence-corrected chi connectivity index (χ3v) is 6.84. The number of fused-ring (bicyclic) bond motifs is 1. The molecule has 2 aliphatic rings. The molecule has 0 bridgehead atoms. The van der Waals surface area contributed by atoms with Gasteiger partial charge in [-0.3, -0.25) is 19.5 Å². The van der Waals surface area contributed by atoms with Gasteiger partial charge < -0.3 is 15.8 Å². The monoisotopic (exact) mass is 438 g/mol. The number of aromatic nitrogens is 1. The summed E-state index contributed by atoms with van der Waals surface area (Å²) in [6.07, 6.45) is 5.62. The number of pyridine rings is 1. The van der Waals surface area contributed by atoms with E-state index in [9.17, 15) is 9.59 Å².